The largest absolute Gasteiger partial charge is 0.480 e. The Morgan fingerprint density at radius 3 is 2.48 bits per heavy atom. The maximum absolute atomic E-state index is 13.0. The Hall–Kier alpha value is -1.91. The van der Waals surface area contributed by atoms with Crippen molar-refractivity contribution in [1.29, 1.82) is 5.26 Å². The zero-order chi connectivity index (χ0) is 16.6. The van der Waals surface area contributed by atoms with Gasteiger partial charge < -0.3 is 5.11 Å². The minimum absolute atomic E-state index is 0.0500. The summed E-state index contributed by atoms with van der Waals surface area (Å²) in [6.45, 7) is 0. The minimum Gasteiger partial charge on any atom is -0.480 e. The van der Waals surface area contributed by atoms with Crippen LogP contribution in [0.2, 0.25) is 0 Å². The molecule has 1 aliphatic heterocycles. The van der Waals surface area contributed by atoms with E-state index in [0.29, 0.717) is 18.4 Å². The molecule has 3 rings (SSSR count). The fraction of sp³-hybridized carbons (Fsp3) is 0.500. The molecule has 1 aromatic rings. The molecule has 122 valence electrons. The first-order chi connectivity index (χ1) is 10.9. The molecular formula is C16H18N2O4S. The van der Waals surface area contributed by atoms with Crippen LogP contribution in [0.4, 0.5) is 0 Å². The summed E-state index contributed by atoms with van der Waals surface area (Å²) in [6, 6.07) is 6.36. The van der Waals surface area contributed by atoms with Crippen LogP contribution >= 0.6 is 0 Å². The van der Waals surface area contributed by atoms with Crippen molar-refractivity contribution >= 4 is 16.0 Å². The second-order valence-corrected chi connectivity index (χ2v) is 8.02. The number of aliphatic carboxylic acids is 1. The Bertz CT molecular complexity index is 751. The predicted octanol–water partition coefficient (Wildman–Crippen LogP) is 1.96. The van der Waals surface area contributed by atoms with Crippen molar-refractivity contribution in [2.24, 2.45) is 5.92 Å². The number of carbonyl (C=O) groups is 1. The Morgan fingerprint density at radius 2 is 1.87 bits per heavy atom. The zero-order valence-electron chi connectivity index (χ0n) is 12.6. The molecule has 0 spiro atoms. The van der Waals surface area contributed by atoms with Crippen LogP contribution in [0.15, 0.2) is 29.2 Å². The summed E-state index contributed by atoms with van der Waals surface area (Å²) in [6.07, 6.45) is 3.93. The maximum atomic E-state index is 13.0. The fourth-order valence-corrected chi connectivity index (χ4v) is 5.67. The molecule has 7 heteroatoms. The quantitative estimate of drug-likeness (QED) is 0.911. The van der Waals surface area contributed by atoms with Crippen LogP contribution < -0.4 is 0 Å². The molecule has 0 aromatic heterocycles. The molecule has 0 radical (unpaired) electrons. The highest BCUT2D eigenvalue weighted by molar-refractivity contribution is 7.89. The van der Waals surface area contributed by atoms with E-state index in [1.54, 1.807) is 0 Å². The number of rotatable bonds is 3. The van der Waals surface area contributed by atoms with Gasteiger partial charge in [0.2, 0.25) is 10.0 Å². The number of carboxylic acids is 1. The SMILES string of the molecule is N#Cc1ccc(S(=O)(=O)N2[C@@H](C(=O)O)C[C@H]3CCCC[C@H]32)cc1. The lowest BCUT2D eigenvalue weighted by Gasteiger charge is -2.32. The molecule has 1 saturated carbocycles. The number of hydrogen-bond donors (Lipinski definition) is 1. The standard InChI is InChI=1S/C16H18N2O4S/c17-10-11-5-7-13(8-6-11)23(21,22)18-14-4-2-1-3-12(14)9-15(18)16(19)20/h5-8,12,14-15H,1-4,9H2,(H,19,20)/t12-,14-,15-/m1/s1. The van der Waals surface area contributed by atoms with E-state index in [2.05, 4.69) is 0 Å². The summed E-state index contributed by atoms with van der Waals surface area (Å²) in [5.74, 6) is -0.963. The van der Waals surface area contributed by atoms with Gasteiger partial charge in [-0.25, -0.2) is 8.42 Å². The zero-order valence-corrected chi connectivity index (χ0v) is 13.4. The molecule has 0 bridgehead atoms. The van der Waals surface area contributed by atoms with Crippen LogP contribution in [-0.2, 0) is 14.8 Å². The van der Waals surface area contributed by atoms with Gasteiger partial charge >= 0.3 is 5.97 Å². The van der Waals surface area contributed by atoms with Crippen LogP contribution in [0.1, 0.15) is 37.7 Å². The van der Waals surface area contributed by atoms with Gasteiger partial charge in [0.05, 0.1) is 16.5 Å². The van der Waals surface area contributed by atoms with E-state index < -0.39 is 22.0 Å². The smallest absolute Gasteiger partial charge is 0.322 e. The lowest BCUT2D eigenvalue weighted by molar-refractivity contribution is -0.141. The van der Waals surface area contributed by atoms with Gasteiger partial charge in [-0.05, 0) is 49.4 Å². The summed E-state index contributed by atoms with van der Waals surface area (Å²) in [7, 11) is -3.89. The summed E-state index contributed by atoms with van der Waals surface area (Å²) in [5.41, 5.74) is 0.371. The van der Waals surface area contributed by atoms with Crippen LogP contribution in [0.5, 0.6) is 0 Å². The number of fused-ring (bicyclic) bond motifs is 1. The normalized spacial score (nSPS) is 28.0. The van der Waals surface area contributed by atoms with E-state index >= 15 is 0 Å². The van der Waals surface area contributed by atoms with Gasteiger partial charge in [0, 0.05) is 6.04 Å². The Kier molecular flexibility index (Phi) is 4.13. The highest BCUT2D eigenvalue weighted by Gasteiger charge is 2.51. The van der Waals surface area contributed by atoms with Gasteiger partial charge in [-0.3, -0.25) is 4.79 Å². The number of hydrogen-bond acceptors (Lipinski definition) is 4. The topological polar surface area (TPSA) is 98.5 Å². The lowest BCUT2D eigenvalue weighted by Crippen LogP contribution is -2.46. The average molecular weight is 334 g/mol. The van der Waals surface area contributed by atoms with Crippen molar-refractivity contribution in [3.05, 3.63) is 29.8 Å². The van der Waals surface area contributed by atoms with Crippen LogP contribution in [0, 0.1) is 17.2 Å². The third-order valence-corrected chi connectivity index (χ3v) is 6.82. The second-order valence-electron chi connectivity index (χ2n) is 6.17. The third-order valence-electron chi connectivity index (χ3n) is 4.87. The molecule has 0 amide bonds. The van der Waals surface area contributed by atoms with E-state index in [1.807, 2.05) is 6.07 Å². The molecule has 1 heterocycles. The van der Waals surface area contributed by atoms with Gasteiger partial charge in [-0.15, -0.1) is 0 Å². The van der Waals surface area contributed by atoms with E-state index in [9.17, 15) is 18.3 Å². The average Bonchev–Trinajstić information content (AvgIpc) is 2.95. The van der Waals surface area contributed by atoms with Crippen LogP contribution in [0.25, 0.3) is 0 Å². The Balaban J connectivity index is 2.01. The summed E-state index contributed by atoms with van der Waals surface area (Å²) in [5, 5.41) is 18.3. The van der Waals surface area contributed by atoms with Crippen molar-refractivity contribution in [2.45, 2.75) is 49.1 Å². The molecule has 6 nitrogen and oxygen atoms in total. The Labute approximate surface area is 135 Å². The summed E-state index contributed by atoms with van der Waals surface area (Å²) < 4.78 is 27.2. The highest BCUT2D eigenvalue weighted by Crippen LogP contribution is 2.42. The summed E-state index contributed by atoms with van der Waals surface area (Å²) >= 11 is 0. The summed E-state index contributed by atoms with van der Waals surface area (Å²) in [4.78, 5) is 11.6. The number of benzene rings is 1. The van der Waals surface area contributed by atoms with Crippen molar-refractivity contribution in [3.63, 3.8) is 0 Å². The molecule has 1 N–H and O–H groups in total. The van der Waals surface area contributed by atoms with E-state index in [1.165, 1.54) is 28.6 Å². The molecule has 1 aliphatic carbocycles. The predicted molar refractivity (Wildman–Crippen MR) is 82.0 cm³/mol. The number of nitriles is 1. The molecular weight excluding hydrogens is 316 g/mol. The molecule has 23 heavy (non-hydrogen) atoms. The number of carboxylic acid groups (broad SMARTS) is 1. The van der Waals surface area contributed by atoms with Gasteiger partial charge in [-0.2, -0.15) is 9.57 Å². The fourth-order valence-electron chi connectivity index (χ4n) is 3.80. The van der Waals surface area contributed by atoms with E-state index in [-0.39, 0.29) is 16.9 Å². The van der Waals surface area contributed by atoms with Crippen LogP contribution in [0.3, 0.4) is 0 Å². The second kappa shape index (κ2) is 5.95. The van der Waals surface area contributed by atoms with E-state index in [0.717, 1.165) is 19.3 Å². The number of sulfonamides is 1. The van der Waals surface area contributed by atoms with Crippen LogP contribution in [-0.4, -0.2) is 35.9 Å². The molecule has 3 atom stereocenters. The van der Waals surface area contributed by atoms with Gasteiger partial charge in [-0.1, -0.05) is 12.8 Å². The van der Waals surface area contributed by atoms with E-state index in [4.69, 9.17) is 5.26 Å². The van der Waals surface area contributed by atoms with Gasteiger partial charge in [0.1, 0.15) is 6.04 Å². The van der Waals surface area contributed by atoms with Crippen molar-refractivity contribution in [1.82, 2.24) is 4.31 Å². The third kappa shape index (κ3) is 2.73. The monoisotopic (exact) mass is 334 g/mol. The first-order valence-corrected chi connectivity index (χ1v) is 9.15. The Morgan fingerprint density at radius 1 is 1.22 bits per heavy atom. The minimum atomic E-state index is -3.89. The molecule has 1 saturated heterocycles. The van der Waals surface area contributed by atoms with Gasteiger partial charge in [0.15, 0.2) is 0 Å². The molecule has 1 aromatic carbocycles. The molecule has 0 unspecified atom stereocenters. The first kappa shape index (κ1) is 16.0. The highest BCUT2D eigenvalue weighted by atomic mass is 32.2. The maximum Gasteiger partial charge on any atom is 0.322 e. The number of nitrogens with zero attached hydrogens (tertiary/aromatic N) is 2. The van der Waals surface area contributed by atoms with Crippen molar-refractivity contribution < 1.29 is 18.3 Å². The first-order valence-electron chi connectivity index (χ1n) is 7.71. The molecule has 2 fully saturated rings. The van der Waals surface area contributed by atoms with Crippen molar-refractivity contribution in [3.8, 4) is 6.07 Å². The van der Waals surface area contributed by atoms with Crippen molar-refractivity contribution in [2.75, 3.05) is 0 Å². The lowest BCUT2D eigenvalue weighted by atomic mass is 9.85. The van der Waals surface area contributed by atoms with Gasteiger partial charge in [0.25, 0.3) is 0 Å². The molecule has 2 aliphatic rings.